The molecule has 2 aromatic carbocycles. The maximum absolute atomic E-state index is 13.4. The van der Waals surface area contributed by atoms with Crippen molar-refractivity contribution in [2.45, 2.75) is 44.9 Å². The first-order chi connectivity index (χ1) is 17.1. The summed E-state index contributed by atoms with van der Waals surface area (Å²) >= 11 is 0. The Bertz CT molecular complexity index is 1310. The number of carbonyl (C=O) groups excluding carboxylic acids is 1. The maximum Gasteiger partial charge on any atom is 0.235 e. The Morgan fingerprint density at radius 3 is 2.66 bits per heavy atom. The van der Waals surface area contributed by atoms with E-state index in [0.717, 1.165) is 47.9 Å². The van der Waals surface area contributed by atoms with Crippen LogP contribution in [0.3, 0.4) is 0 Å². The largest absolute Gasteiger partial charge is 0.478 e. The number of nitrogens with one attached hydrogen (secondary N) is 2. The number of aryl methyl sites for hydroxylation is 1. The van der Waals surface area contributed by atoms with Gasteiger partial charge in [0.15, 0.2) is 5.82 Å². The van der Waals surface area contributed by atoms with Gasteiger partial charge in [-0.2, -0.15) is 0 Å². The number of tetrazole rings is 1. The molecular formula is C27H28N6O2. The average molecular weight is 469 g/mol. The molecule has 8 heteroatoms. The zero-order valence-corrected chi connectivity index (χ0v) is 19.9. The second-order valence-electron chi connectivity index (χ2n) is 8.81. The van der Waals surface area contributed by atoms with Gasteiger partial charge in [0.05, 0.1) is 12.0 Å². The van der Waals surface area contributed by atoms with Crippen LogP contribution in [0.25, 0.3) is 22.5 Å². The lowest BCUT2D eigenvalue weighted by molar-refractivity contribution is -0.118. The van der Waals surface area contributed by atoms with Gasteiger partial charge in [0.2, 0.25) is 11.8 Å². The van der Waals surface area contributed by atoms with Crippen molar-refractivity contribution >= 4 is 11.6 Å². The van der Waals surface area contributed by atoms with E-state index in [4.69, 9.17) is 4.74 Å². The third-order valence-electron chi connectivity index (χ3n) is 6.42. The van der Waals surface area contributed by atoms with Crippen LogP contribution in [0.2, 0.25) is 0 Å². The van der Waals surface area contributed by atoms with E-state index in [1.165, 1.54) is 5.56 Å². The van der Waals surface area contributed by atoms with Crippen molar-refractivity contribution in [2.24, 2.45) is 0 Å². The highest BCUT2D eigenvalue weighted by Crippen LogP contribution is 2.49. The second-order valence-corrected chi connectivity index (χ2v) is 8.81. The van der Waals surface area contributed by atoms with Crippen LogP contribution in [0.1, 0.15) is 44.2 Å². The van der Waals surface area contributed by atoms with Crippen LogP contribution < -0.4 is 10.1 Å². The topological polar surface area (TPSA) is 106 Å². The number of ether oxygens (including phenoxy) is 1. The zero-order valence-electron chi connectivity index (χ0n) is 19.9. The van der Waals surface area contributed by atoms with E-state index in [2.05, 4.69) is 62.1 Å². The summed E-state index contributed by atoms with van der Waals surface area (Å²) in [6.45, 7) is 4.65. The van der Waals surface area contributed by atoms with Gasteiger partial charge in [-0.25, -0.2) is 10.1 Å². The molecule has 0 radical (unpaired) electrons. The number of aromatic nitrogens is 5. The van der Waals surface area contributed by atoms with E-state index in [-0.39, 0.29) is 5.91 Å². The molecular weight excluding hydrogens is 440 g/mol. The third-order valence-corrected chi connectivity index (χ3v) is 6.42. The molecule has 1 fully saturated rings. The molecule has 1 amide bonds. The van der Waals surface area contributed by atoms with Gasteiger partial charge in [0.1, 0.15) is 0 Å². The van der Waals surface area contributed by atoms with Crippen LogP contribution in [-0.2, 0) is 16.6 Å². The molecule has 1 saturated carbocycles. The first-order valence-corrected chi connectivity index (χ1v) is 12.0. The van der Waals surface area contributed by atoms with Gasteiger partial charge in [-0.3, -0.25) is 4.79 Å². The Balaban J connectivity index is 1.43. The summed E-state index contributed by atoms with van der Waals surface area (Å²) in [4.78, 5) is 17.8. The molecule has 35 heavy (non-hydrogen) atoms. The molecule has 0 bridgehead atoms. The fourth-order valence-corrected chi connectivity index (χ4v) is 4.45. The molecule has 0 saturated heterocycles. The fraction of sp³-hybridized carbons (Fsp3) is 0.296. The molecule has 0 atom stereocenters. The number of amides is 1. The summed E-state index contributed by atoms with van der Waals surface area (Å²) in [5.74, 6) is 1.10. The van der Waals surface area contributed by atoms with E-state index in [1.54, 1.807) is 6.20 Å². The van der Waals surface area contributed by atoms with Gasteiger partial charge in [-0.15, -0.1) is 5.10 Å². The van der Waals surface area contributed by atoms with Gasteiger partial charge in [-0.1, -0.05) is 43.7 Å². The van der Waals surface area contributed by atoms with Crippen molar-refractivity contribution in [3.05, 3.63) is 71.9 Å². The predicted octanol–water partition coefficient (Wildman–Crippen LogP) is 4.95. The number of anilines is 1. The van der Waals surface area contributed by atoms with Crippen molar-refractivity contribution < 1.29 is 9.53 Å². The standard InChI is InChI=1S/C27H28N6O2/c1-3-6-18-7-5-8-20(15-18)27(13-14-27)26(34)29-21-10-11-22(23(16-21)25-30-32-33-31-25)19-9-12-24(28-17-19)35-4-2/h5,7-12,15-17H,3-4,6,13-14H2,1-2H3,(H,29,34)(H,30,31,32,33). The first-order valence-electron chi connectivity index (χ1n) is 12.0. The molecule has 8 nitrogen and oxygen atoms in total. The molecule has 0 aliphatic heterocycles. The van der Waals surface area contributed by atoms with Gasteiger partial charge in [0.25, 0.3) is 0 Å². The van der Waals surface area contributed by atoms with Crippen molar-refractivity contribution in [1.82, 2.24) is 25.6 Å². The lowest BCUT2D eigenvalue weighted by Gasteiger charge is -2.18. The number of carbonyl (C=O) groups is 1. The Morgan fingerprint density at radius 2 is 1.97 bits per heavy atom. The number of pyridine rings is 1. The molecule has 2 aromatic heterocycles. The fourth-order valence-electron chi connectivity index (χ4n) is 4.45. The number of H-pyrrole nitrogens is 1. The van der Waals surface area contributed by atoms with E-state index in [1.807, 2.05) is 37.3 Å². The zero-order chi connectivity index (χ0) is 24.3. The summed E-state index contributed by atoms with van der Waals surface area (Å²) in [7, 11) is 0. The highest BCUT2D eigenvalue weighted by atomic mass is 16.5. The molecule has 4 aromatic rings. The van der Waals surface area contributed by atoms with Crippen molar-refractivity contribution in [1.29, 1.82) is 0 Å². The molecule has 5 rings (SSSR count). The van der Waals surface area contributed by atoms with Crippen LogP contribution >= 0.6 is 0 Å². The van der Waals surface area contributed by atoms with Crippen LogP contribution in [-0.4, -0.2) is 38.1 Å². The van der Waals surface area contributed by atoms with Crippen LogP contribution in [0.5, 0.6) is 5.88 Å². The van der Waals surface area contributed by atoms with Crippen molar-refractivity contribution in [2.75, 3.05) is 11.9 Å². The minimum Gasteiger partial charge on any atom is -0.478 e. The second kappa shape index (κ2) is 9.66. The smallest absolute Gasteiger partial charge is 0.235 e. The number of aromatic amines is 1. The summed E-state index contributed by atoms with van der Waals surface area (Å²) in [6.07, 6.45) is 5.56. The predicted molar refractivity (Wildman–Crippen MR) is 134 cm³/mol. The van der Waals surface area contributed by atoms with Gasteiger partial charge in [-0.05, 0) is 71.5 Å². The molecule has 178 valence electrons. The molecule has 1 aliphatic carbocycles. The summed E-state index contributed by atoms with van der Waals surface area (Å²) in [5.41, 5.74) is 5.16. The monoisotopic (exact) mass is 468 g/mol. The average Bonchev–Trinajstić information content (AvgIpc) is 3.52. The lowest BCUT2D eigenvalue weighted by Crippen LogP contribution is -2.28. The maximum atomic E-state index is 13.4. The van der Waals surface area contributed by atoms with E-state index in [0.29, 0.717) is 24.0 Å². The Hall–Kier alpha value is -4.07. The Labute approximate surface area is 204 Å². The first kappa shape index (κ1) is 22.7. The molecule has 0 spiro atoms. The Kier molecular flexibility index (Phi) is 6.27. The third kappa shape index (κ3) is 4.64. The summed E-state index contributed by atoms with van der Waals surface area (Å²) in [5, 5.41) is 17.5. The highest BCUT2D eigenvalue weighted by Gasteiger charge is 2.51. The normalized spacial score (nSPS) is 13.9. The highest BCUT2D eigenvalue weighted by molar-refractivity contribution is 6.02. The van der Waals surface area contributed by atoms with Crippen LogP contribution in [0, 0.1) is 0 Å². The van der Waals surface area contributed by atoms with Crippen molar-refractivity contribution in [3.63, 3.8) is 0 Å². The van der Waals surface area contributed by atoms with Crippen LogP contribution in [0.4, 0.5) is 5.69 Å². The molecule has 1 aliphatic rings. The summed E-state index contributed by atoms with van der Waals surface area (Å²) in [6, 6.07) is 18.0. The van der Waals surface area contributed by atoms with Gasteiger partial charge < -0.3 is 10.1 Å². The molecule has 0 unspecified atom stereocenters. The summed E-state index contributed by atoms with van der Waals surface area (Å²) < 4.78 is 5.46. The van der Waals surface area contributed by atoms with Gasteiger partial charge >= 0.3 is 0 Å². The number of hydrogen-bond acceptors (Lipinski definition) is 6. The molecule has 2 N–H and O–H groups in total. The minimum atomic E-state index is -0.463. The minimum absolute atomic E-state index is 0.0169. The van der Waals surface area contributed by atoms with Gasteiger partial charge in [0, 0.05) is 29.1 Å². The quantitative estimate of drug-likeness (QED) is 0.360. The number of hydrogen-bond donors (Lipinski definition) is 2. The molecule has 2 heterocycles. The van der Waals surface area contributed by atoms with Crippen LogP contribution in [0.15, 0.2) is 60.8 Å². The van der Waals surface area contributed by atoms with Crippen molar-refractivity contribution in [3.8, 4) is 28.4 Å². The Morgan fingerprint density at radius 1 is 1.09 bits per heavy atom. The van der Waals surface area contributed by atoms with E-state index >= 15 is 0 Å². The van der Waals surface area contributed by atoms with E-state index in [9.17, 15) is 4.79 Å². The number of nitrogens with zero attached hydrogens (tertiary/aromatic N) is 4. The number of benzene rings is 2. The SMILES string of the molecule is CCCc1cccc(C2(C(=O)Nc3ccc(-c4ccc(OCC)nc4)c(-c4nnn[nH]4)c3)CC2)c1. The number of rotatable bonds is 9. The van der Waals surface area contributed by atoms with E-state index < -0.39 is 5.41 Å². The lowest BCUT2D eigenvalue weighted by atomic mass is 9.92.